The monoisotopic (exact) mass is 440 g/mol. The van der Waals surface area contributed by atoms with E-state index in [0.29, 0.717) is 26.4 Å². The van der Waals surface area contributed by atoms with Crippen molar-refractivity contribution in [3.8, 4) is 23.0 Å². The SMILES string of the molecule is CCCOc1ccc(/C=N\N=C/c2ccc(OCCC)cc2OCCC)c(OCCC)c1. The Hall–Kier alpha value is -3.02. The summed E-state index contributed by atoms with van der Waals surface area (Å²) >= 11 is 0. The fourth-order valence-electron chi connectivity index (χ4n) is 2.73. The van der Waals surface area contributed by atoms with Crippen LogP contribution in [0.1, 0.15) is 64.5 Å². The topological polar surface area (TPSA) is 61.6 Å². The summed E-state index contributed by atoms with van der Waals surface area (Å²) in [6.07, 6.45) is 7.14. The minimum absolute atomic E-state index is 0.631. The fourth-order valence-corrected chi connectivity index (χ4v) is 2.73. The van der Waals surface area contributed by atoms with Gasteiger partial charge in [-0.25, -0.2) is 0 Å². The Morgan fingerprint density at radius 2 is 0.938 bits per heavy atom. The molecule has 0 spiro atoms. The van der Waals surface area contributed by atoms with Gasteiger partial charge in [-0.15, -0.1) is 0 Å². The van der Waals surface area contributed by atoms with Crippen LogP contribution in [-0.2, 0) is 0 Å². The molecule has 0 bridgehead atoms. The summed E-state index contributed by atoms with van der Waals surface area (Å²) < 4.78 is 23.2. The van der Waals surface area contributed by atoms with Crippen molar-refractivity contribution in [1.82, 2.24) is 0 Å². The Morgan fingerprint density at radius 1 is 0.562 bits per heavy atom. The van der Waals surface area contributed by atoms with Gasteiger partial charge in [0.05, 0.1) is 38.9 Å². The van der Waals surface area contributed by atoms with Gasteiger partial charge in [0, 0.05) is 23.3 Å². The van der Waals surface area contributed by atoms with E-state index in [2.05, 4.69) is 37.9 Å². The third-order valence-corrected chi connectivity index (χ3v) is 4.30. The lowest BCUT2D eigenvalue weighted by atomic mass is 10.2. The van der Waals surface area contributed by atoms with Crippen LogP contribution < -0.4 is 18.9 Å². The highest BCUT2D eigenvalue weighted by Gasteiger charge is 2.06. The number of benzene rings is 2. The van der Waals surface area contributed by atoms with Crippen molar-refractivity contribution in [2.24, 2.45) is 10.2 Å². The standard InChI is InChI=1S/C26H36N2O4/c1-5-13-29-23-11-9-21(25(17-23)31-15-7-3)19-27-28-20-22-10-12-24(30-14-6-2)18-26(22)32-16-8-4/h9-12,17-20H,5-8,13-16H2,1-4H3/b27-19-,28-20-. The normalized spacial score (nSPS) is 11.2. The summed E-state index contributed by atoms with van der Waals surface area (Å²) in [6.45, 7) is 10.9. The minimum atomic E-state index is 0.631. The number of rotatable bonds is 15. The zero-order valence-electron chi connectivity index (χ0n) is 19.8. The first-order valence-corrected chi connectivity index (χ1v) is 11.6. The second kappa shape index (κ2) is 14.9. The maximum atomic E-state index is 5.87. The summed E-state index contributed by atoms with van der Waals surface area (Å²) in [6, 6.07) is 11.5. The third-order valence-electron chi connectivity index (χ3n) is 4.30. The summed E-state index contributed by atoms with van der Waals surface area (Å²) in [7, 11) is 0. The average molecular weight is 441 g/mol. The van der Waals surface area contributed by atoms with Crippen molar-refractivity contribution >= 4 is 12.4 Å². The summed E-state index contributed by atoms with van der Waals surface area (Å²) in [5.41, 5.74) is 1.70. The molecular weight excluding hydrogens is 404 g/mol. The Balaban J connectivity index is 2.15. The zero-order chi connectivity index (χ0) is 23.0. The Morgan fingerprint density at radius 3 is 1.31 bits per heavy atom. The highest BCUT2D eigenvalue weighted by Crippen LogP contribution is 2.25. The van der Waals surface area contributed by atoms with Crippen LogP contribution in [0.2, 0.25) is 0 Å². The van der Waals surface area contributed by atoms with E-state index in [1.165, 1.54) is 0 Å². The molecule has 0 aromatic heterocycles. The van der Waals surface area contributed by atoms with Gasteiger partial charge < -0.3 is 18.9 Å². The first-order chi connectivity index (χ1) is 15.7. The molecule has 0 N–H and O–H groups in total. The molecule has 174 valence electrons. The van der Waals surface area contributed by atoms with Crippen molar-refractivity contribution in [1.29, 1.82) is 0 Å². The van der Waals surface area contributed by atoms with Crippen LogP contribution in [0.15, 0.2) is 46.6 Å². The molecule has 32 heavy (non-hydrogen) atoms. The van der Waals surface area contributed by atoms with Crippen LogP contribution in [0.3, 0.4) is 0 Å². The second-order valence-electron chi connectivity index (χ2n) is 7.28. The lowest BCUT2D eigenvalue weighted by molar-refractivity contribution is 0.301. The highest BCUT2D eigenvalue weighted by atomic mass is 16.5. The predicted octanol–water partition coefficient (Wildman–Crippen LogP) is 6.29. The average Bonchev–Trinajstić information content (AvgIpc) is 2.82. The van der Waals surface area contributed by atoms with Crippen molar-refractivity contribution in [2.75, 3.05) is 26.4 Å². The quantitative estimate of drug-likeness (QED) is 0.241. The molecule has 0 saturated heterocycles. The van der Waals surface area contributed by atoms with Gasteiger partial charge in [-0.1, -0.05) is 27.7 Å². The van der Waals surface area contributed by atoms with Gasteiger partial charge in [0.2, 0.25) is 0 Å². The van der Waals surface area contributed by atoms with Crippen LogP contribution in [0.5, 0.6) is 23.0 Å². The minimum Gasteiger partial charge on any atom is -0.493 e. The molecule has 0 radical (unpaired) electrons. The molecule has 6 heteroatoms. The van der Waals surface area contributed by atoms with Crippen molar-refractivity contribution < 1.29 is 18.9 Å². The molecule has 2 aromatic carbocycles. The van der Waals surface area contributed by atoms with Crippen LogP contribution in [0.4, 0.5) is 0 Å². The number of hydrogen-bond acceptors (Lipinski definition) is 6. The largest absolute Gasteiger partial charge is 0.493 e. The van der Waals surface area contributed by atoms with E-state index in [0.717, 1.165) is 59.8 Å². The maximum Gasteiger partial charge on any atom is 0.131 e. The van der Waals surface area contributed by atoms with E-state index in [-0.39, 0.29) is 0 Å². The molecular formula is C26H36N2O4. The van der Waals surface area contributed by atoms with Crippen LogP contribution in [0, 0.1) is 0 Å². The van der Waals surface area contributed by atoms with Crippen LogP contribution in [-0.4, -0.2) is 38.9 Å². The smallest absolute Gasteiger partial charge is 0.131 e. The molecule has 2 rings (SSSR count). The first kappa shape index (κ1) is 25.2. The van der Waals surface area contributed by atoms with E-state index in [9.17, 15) is 0 Å². The predicted molar refractivity (Wildman–Crippen MR) is 131 cm³/mol. The lowest BCUT2D eigenvalue weighted by Crippen LogP contribution is -2.01. The van der Waals surface area contributed by atoms with Crippen molar-refractivity contribution in [3.05, 3.63) is 47.5 Å². The number of ether oxygens (including phenoxy) is 4. The molecule has 0 heterocycles. The molecule has 0 saturated carbocycles. The van der Waals surface area contributed by atoms with Crippen LogP contribution >= 0.6 is 0 Å². The third kappa shape index (κ3) is 8.61. The Labute approximate surface area is 192 Å². The first-order valence-electron chi connectivity index (χ1n) is 11.6. The van der Waals surface area contributed by atoms with E-state index >= 15 is 0 Å². The summed E-state index contributed by atoms with van der Waals surface area (Å²) in [5.74, 6) is 3.07. The fraction of sp³-hybridized carbons (Fsp3) is 0.462. The molecule has 0 atom stereocenters. The van der Waals surface area contributed by atoms with E-state index in [1.807, 2.05) is 36.4 Å². The number of nitrogens with zero attached hydrogens (tertiary/aromatic N) is 2. The second-order valence-corrected chi connectivity index (χ2v) is 7.28. The van der Waals surface area contributed by atoms with E-state index in [1.54, 1.807) is 12.4 Å². The molecule has 2 aromatic rings. The van der Waals surface area contributed by atoms with E-state index < -0.39 is 0 Å². The van der Waals surface area contributed by atoms with Gasteiger partial charge in [-0.05, 0) is 49.9 Å². The Bertz CT molecular complexity index is 793. The molecule has 0 amide bonds. The molecule has 0 unspecified atom stereocenters. The van der Waals surface area contributed by atoms with Gasteiger partial charge in [0.1, 0.15) is 23.0 Å². The summed E-state index contributed by atoms with van der Waals surface area (Å²) in [4.78, 5) is 0. The van der Waals surface area contributed by atoms with Crippen molar-refractivity contribution in [3.63, 3.8) is 0 Å². The summed E-state index contributed by atoms with van der Waals surface area (Å²) in [5, 5.41) is 8.46. The molecule has 0 aliphatic rings. The molecule has 6 nitrogen and oxygen atoms in total. The van der Waals surface area contributed by atoms with Gasteiger partial charge in [-0.2, -0.15) is 10.2 Å². The lowest BCUT2D eigenvalue weighted by Gasteiger charge is -2.11. The maximum absolute atomic E-state index is 5.87. The Kier molecular flexibility index (Phi) is 11.7. The molecule has 0 aliphatic heterocycles. The van der Waals surface area contributed by atoms with Crippen LogP contribution in [0.25, 0.3) is 0 Å². The van der Waals surface area contributed by atoms with Gasteiger partial charge in [0.15, 0.2) is 0 Å². The van der Waals surface area contributed by atoms with Crippen molar-refractivity contribution in [2.45, 2.75) is 53.4 Å². The van der Waals surface area contributed by atoms with Gasteiger partial charge >= 0.3 is 0 Å². The zero-order valence-corrected chi connectivity index (χ0v) is 19.8. The molecule has 0 aliphatic carbocycles. The van der Waals surface area contributed by atoms with E-state index in [4.69, 9.17) is 18.9 Å². The highest BCUT2D eigenvalue weighted by molar-refractivity contribution is 5.86. The molecule has 0 fully saturated rings. The van der Waals surface area contributed by atoms with Gasteiger partial charge in [-0.3, -0.25) is 0 Å². The number of hydrogen-bond donors (Lipinski definition) is 0. The van der Waals surface area contributed by atoms with Gasteiger partial charge in [0.25, 0.3) is 0 Å².